The summed E-state index contributed by atoms with van der Waals surface area (Å²) < 4.78 is 4.82. The number of benzene rings is 1. The molecule has 4 N–H and O–H groups in total. The Morgan fingerprint density at radius 1 is 1.27 bits per heavy atom. The van der Waals surface area contributed by atoms with Gasteiger partial charge >= 0.3 is 6.09 Å². The molecule has 0 radical (unpaired) electrons. The highest BCUT2D eigenvalue weighted by atomic mass is 16.5. The van der Waals surface area contributed by atoms with Gasteiger partial charge in [0.05, 0.1) is 5.69 Å². The summed E-state index contributed by atoms with van der Waals surface area (Å²) in [6.45, 7) is 4.24. The Hall–Kier alpha value is -3.02. The van der Waals surface area contributed by atoms with Crippen LogP contribution in [0.5, 0.6) is 0 Å². The minimum Gasteiger partial charge on any atom is -0.445 e. The number of nitrogen functional groups attached to an aromatic ring is 1. The van der Waals surface area contributed by atoms with Gasteiger partial charge in [-0.1, -0.05) is 43.0 Å². The molecule has 0 bridgehead atoms. The molecule has 6 heteroatoms. The highest BCUT2D eigenvalue weighted by Gasteiger charge is 2.07. The lowest BCUT2D eigenvalue weighted by atomic mass is 10.2. The van der Waals surface area contributed by atoms with Gasteiger partial charge < -0.3 is 15.8 Å². The average molecular weight is 298 g/mol. The summed E-state index contributed by atoms with van der Waals surface area (Å²) in [5.74, 6) is 0.847. The van der Waals surface area contributed by atoms with Crippen molar-refractivity contribution in [3.05, 3.63) is 60.7 Å². The summed E-state index contributed by atoms with van der Waals surface area (Å²) in [5, 5.41) is 5.69. The van der Waals surface area contributed by atoms with E-state index in [1.807, 2.05) is 30.3 Å². The zero-order valence-corrected chi connectivity index (χ0v) is 12.1. The van der Waals surface area contributed by atoms with E-state index in [2.05, 4.69) is 22.2 Å². The van der Waals surface area contributed by atoms with E-state index in [1.54, 1.807) is 12.1 Å². The molecule has 0 unspecified atom stereocenters. The molecule has 0 saturated heterocycles. The Balaban J connectivity index is 1.94. The van der Waals surface area contributed by atoms with Crippen molar-refractivity contribution in [1.82, 2.24) is 4.98 Å². The van der Waals surface area contributed by atoms with E-state index in [9.17, 15) is 4.79 Å². The Morgan fingerprint density at radius 2 is 2.05 bits per heavy atom. The van der Waals surface area contributed by atoms with Crippen LogP contribution in [0.25, 0.3) is 0 Å². The number of hydrogen-bond acceptors (Lipinski definition) is 5. The molecule has 114 valence electrons. The van der Waals surface area contributed by atoms with Crippen molar-refractivity contribution < 1.29 is 9.53 Å². The maximum Gasteiger partial charge on any atom is 0.412 e. The Bertz CT molecular complexity index is 644. The van der Waals surface area contributed by atoms with E-state index in [1.165, 1.54) is 6.08 Å². The van der Waals surface area contributed by atoms with Crippen LogP contribution in [0.1, 0.15) is 5.56 Å². The Morgan fingerprint density at radius 3 is 2.73 bits per heavy atom. The number of nitrogens with one attached hydrogen (secondary N) is 2. The monoisotopic (exact) mass is 298 g/mol. The maximum absolute atomic E-state index is 11.4. The number of carbonyl (C=O) groups excluding carboxylic acids is 1. The van der Waals surface area contributed by atoms with Gasteiger partial charge in [-0.2, -0.15) is 0 Å². The first-order chi connectivity index (χ1) is 10.7. The molecule has 0 fully saturated rings. The third kappa shape index (κ3) is 4.52. The maximum atomic E-state index is 11.4. The first-order valence-electron chi connectivity index (χ1n) is 6.78. The quantitative estimate of drug-likeness (QED) is 0.713. The molecule has 0 atom stereocenters. The predicted molar refractivity (Wildman–Crippen MR) is 87.6 cm³/mol. The fourth-order valence-electron chi connectivity index (χ4n) is 1.75. The second-order valence-electron chi connectivity index (χ2n) is 4.48. The molecule has 0 aliphatic heterocycles. The molecule has 1 heterocycles. The lowest BCUT2D eigenvalue weighted by Gasteiger charge is -2.10. The number of amides is 1. The first-order valence-corrected chi connectivity index (χ1v) is 6.78. The molecule has 0 aliphatic rings. The van der Waals surface area contributed by atoms with Crippen molar-refractivity contribution in [2.24, 2.45) is 0 Å². The molecule has 1 amide bonds. The molecule has 2 aromatic rings. The molecule has 2 rings (SSSR count). The first kappa shape index (κ1) is 15.4. The number of nitrogens with two attached hydrogens (primary N) is 1. The standard InChI is InChI=1S/C16H18N4O2/c1-2-10-22-16(21)19-13-8-9-14(20-15(13)17)18-11-12-6-4-3-5-7-12/h2-9H,1,10-11H2,(H,19,21)(H3,17,18,20). The number of rotatable bonds is 6. The normalized spacial score (nSPS) is 9.82. The molecule has 0 spiro atoms. The van der Waals surface area contributed by atoms with E-state index in [0.29, 0.717) is 18.1 Å². The van der Waals surface area contributed by atoms with Crippen LogP contribution in [-0.4, -0.2) is 17.7 Å². The minimum absolute atomic E-state index is 0.135. The molecule has 0 aliphatic carbocycles. The third-order valence-electron chi connectivity index (χ3n) is 2.81. The minimum atomic E-state index is -0.599. The molecule has 0 saturated carbocycles. The van der Waals surface area contributed by atoms with Gasteiger partial charge in [0, 0.05) is 6.54 Å². The van der Waals surface area contributed by atoms with Gasteiger partial charge in [0.25, 0.3) is 0 Å². The molecular weight excluding hydrogens is 280 g/mol. The summed E-state index contributed by atoms with van der Waals surface area (Å²) in [4.78, 5) is 15.6. The number of nitrogens with zero attached hydrogens (tertiary/aromatic N) is 1. The van der Waals surface area contributed by atoms with Crippen LogP contribution < -0.4 is 16.4 Å². The predicted octanol–water partition coefficient (Wildman–Crippen LogP) is 3.01. The van der Waals surface area contributed by atoms with Crippen LogP contribution in [0.15, 0.2) is 55.1 Å². The Kier molecular flexibility index (Phi) is 5.37. The number of pyridine rings is 1. The zero-order valence-electron chi connectivity index (χ0n) is 12.1. The second-order valence-corrected chi connectivity index (χ2v) is 4.48. The van der Waals surface area contributed by atoms with E-state index in [0.717, 1.165) is 5.56 Å². The lowest BCUT2D eigenvalue weighted by Crippen LogP contribution is -2.15. The number of aromatic nitrogens is 1. The average Bonchev–Trinajstić information content (AvgIpc) is 2.54. The zero-order chi connectivity index (χ0) is 15.8. The van der Waals surface area contributed by atoms with Gasteiger partial charge in [0.1, 0.15) is 18.2 Å². The smallest absolute Gasteiger partial charge is 0.412 e. The van der Waals surface area contributed by atoms with Crippen LogP contribution in [0.3, 0.4) is 0 Å². The Labute approximate surface area is 129 Å². The summed E-state index contributed by atoms with van der Waals surface area (Å²) in [5.41, 5.74) is 7.36. The van der Waals surface area contributed by atoms with Crippen LogP contribution in [-0.2, 0) is 11.3 Å². The highest BCUT2D eigenvalue weighted by Crippen LogP contribution is 2.19. The number of hydrogen-bond donors (Lipinski definition) is 3. The molecule has 22 heavy (non-hydrogen) atoms. The van der Waals surface area contributed by atoms with Crippen LogP contribution in [0, 0.1) is 0 Å². The van der Waals surface area contributed by atoms with Gasteiger partial charge in [0.2, 0.25) is 0 Å². The lowest BCUT2D eigenvalue weighted by molar-refractivity contribution is 0.174. The van der Waals surface area contributed by atoms with E-state index >= 15 is 0 Å². The van der Waals surface area contributed by atoms with Gasteiger partial charge in [-0.05, 0) is 17.7 Å². The fraction of sp³-hybridized carbons (Fsp3) is 0.125. The summed E-state index contributed by atoms with van der Waals surface area (Å²) in [6, 6.07) is 13.4. The number of anilines is 3. The topological polar surface area (TPSA) is 89.3 Å². The van der Waals surface area contributed by atoms with E-state index in [-0.39, 0.29) is 12.4 Å². The highest BCUT2D eigenvalue weighted by molar-refractivity contribution is 5.88. The third-order valence-corrected chi connectivity index (χ3v) is 2.81. The SMILES string of the molecule is C=CCOC(=O)Nc1ccc(NCc2ccccc2)nc1N. The second kappa shape index (κ2) is 7.68. The van der Waals surface area contributed by atoms with Crippen molar-refractivity contribution in [3.63, 3.8) is 0 Å². The molecule has 1 aromatic heterocycles. The largest absolute Gasteiger partial charge is 0.445 e. The van der Waals surface area contributed by atoms with Crippen molar-refractivity contribution >= 4 is 23.4 Å². The van der Waals surface area contributed by atoms with E-state index in [4.69, 9.17) is 10.5 Å². The van der Waals surface area contributed by atoms with Crippen molar-refractivity contribution in [1.29, 1.82) is 0 Å². The van der Waals surface area contributed by atoms with Gasteiger partial charge in [0.15, 0.2) is 0 Å². The van der Waals surface area contributed by atoms with Crippen molar-refractivity contribution in [3.8, 4) is 0 Å². The van der Waals surface area contributed by atoms with Crippen molar-refractivity contribution in [2.75, 3.05) is 23.0 Å². The molecular formula is C16H18N4O2. The van der Waals surface area contributed by atoms with Gasteiger partial charge in [-0.25, -0.2) is 9.78 Å². The van der Waals surface area contributed by atoms with E-state index < -0.39 is 6.09 Å². The van der Waals surface area contributed by atoms with Crippen LogP contribution >= 0.6 is 0 Å². The van der Waals surface area contributed by atoms with Gasteiger partial charge in [-0.3, -0.25) is 5.32 Å². The number of ether oxygens (including phenoxy) is 1. The van der Waals surface area contributed by atoms with Crippen LogP contribution in [0.4, 0.5) is 22.1 Å². The summed E-state index contributed by atoms with van der Waals surface area (Å²) in [7, 11) is 0. The number of carbonyl (C=O) groups is 1. The molecule has 1 aromatic carbocycles. The summed E-state index contributed by atoms with van der Waals surface area (Å²) >= 11 is 0. The fourth-order valence-corrected chi connectivity index (χ4v) is 1.75. The molecule has 6 nitrogen and oxygen atoms in total. The van der Waals surface area contributed by atoms with Gasteiger partial charge in [-0.15, -0.1) is 0 Å². The van der Waals surface area contributed by atoms with Crippen molar-refractivity contribution in [2.45, 2.75) is 6.54 Å². The van der Waals surface area contributed by atoms with Crippen LogP contribution in [0.2, 0.25) is 0 Å². The summed E-state index contributed by atoms with van der Waals surface area (Å²) in [6.07, 6.45) is 0.885.